The SMILES string of the molecule is CCN(CC(F)(F)F)c1nnccc1C(=N)N. The number of hydrogen-bond acceptors (Lipinski definition) is 4. The number of rotatable bonds is 4. The number of nitrogens with zero attached hydrogens (tertiary/aromatic N) is 3. The number of aromatic nitrogens is 2. The molecule has 17 heavy (non-hydrogen) atoms. The summed E-state index contributed by atoms with van der Waals surface area (Å²) in [5.41, 5.74) is 5.42. The van der Waals surface area contributed by atoms with Crippen molar-refractivity contribution in [2.75, 3.05) is 18.0 Å². The second-order valence-corrected chi connectivity index (χ2v) is 3.31. The summed E-state index contributed by atoms with van der Waals surface area (Å²) in [6.45, 7) is 0.505. The van der Waals surface area contributed by atoms with Crippen molar-refractivity contribution >= 4 is 11.7 Å². The first-order valence-electron chi connectivity index (χ1n) is 4.83. The molecule has 3 N–H and O–H groups in total. The lowest BCUT2D eigenvalue weighted by atomic mass is 10.2. The summed E-state index contributed by atoms with van der Waals surface area (Å²) in [5.74, 6) is -0.365. The van der Waals surface area contributed by atoms with E-state index in [9.17, 15) is 13.2 Å². The Kier molecular flexibility index (Phi) is 3.87. The highest BCUT2D eigenvalue weighted by Gasteiger charge is 2.31. The fourth-order valence-corrected chi connectivity index (χ4v) is 1.32. The maximum Gasteiger partial charge on any atom is 0.405 e. The highest BCUT2D eigenvalue weighted by molar-refractivity contribution is 5.99. The van der Waals surface area contributed by atoms with E-state index in [1.807, 2.05) is 0 Å². The Bertz CT molecular complexity index is 404. The van der Waals surface area contributed by atoms with Crippen LogP contribution < -0.4 is 10.6 Å². The third-order valence-corrected chi connectivity index (χ3v) is 2.04. The van der Waals surface area contributed by atoms with Gasteiger partial charge in [-0.3, -0.25) is 5.41 Å². The summed E-state index contributed by atoms with van der Waals surface area (Å²) in [4.78, 5) is 0.976. The molecule has 1 aromatic rings. The molecule has 0 atom stereocenters. The van der Waals surface area contributed by atoms with Crippen LogP contribution in [0, 0.1) is 5.41 Å². The van der Waals surface area contributed by atoms with Gasteiger partial charge in [-0.2, -0.15) is 18.3 Å². The van der Waals surface area contributed by atoms with Crippen LogP contribution in [0.15, 0.2) is 12.3 Å². The molecule has 0 aliphatic carbocycles. The third kappa shape index (κ3) is 3.58. The minimum atomic E-state index is -4.35. The largest absolute Gasteiger partial charge is 0.405 e. The van der Waals surface area contributed by atoms with Gasteiger partial charge in [0.15, 0.2) is 5.82 Å². The quantitative estimate of drug-likeness (QED) is 0.618. The van der Waals surface area contributed by atoms with Gasteiger partial charge in [0, 0.05) is 6.54 Å². The normalized spacial score (nSPS) is 11.3. The molecular formula is C9H12F3N5. The molecule has 0 bridgehead atoms. The fraction of sp³-hybridized carbons (Fsp3) is 0.444. The van der Waals surface area contributed by atoms with Crippen molar-refractivity contribution < 1.29 is 13.2 Å². The van der Waals surface area contributed by atoms with Crippen LogP contribution >= 0.6 is 0 Å². The van der Waals surface area contributed by atoms with Gasteiger partial charge in [0.2, 0.25) is 0 Å². The lowest BCUT2D eigenvalue weighted by Gasteiger charge is -2.24. The third-order valence-electron chi connectivity index (χ3n) is 2.04. The van der Waals surface area contributed by atoms with Crippen molar-refractivity contribution in [1.82, 2.24) is 10.2 Å². The van der Waals surface area contributed by atoms with Crippen LogP contribution in [0.2, 0.25) is 0 Å². The molecule has 8 heteroatoms. The minimum absolute atomic E-state index is 0.0279. The number of amidine groups is 1. The summed E-state index contributed by atoms with van der Waals surface area (Å²) < 4.78 is 37.0. The average molecular weight is 247 g/mol. The Morgan fingerprint density at radius 2 is 2.18 bits per heavy atom. The first kappa shape index (κ1) is 13.2. The van der Waals surface area contributed by atoms with Crippen molar-refractivity contribution in [3.8, 4) is 0 Å². The number of nitrogens with one attached hydrogen (secondary N) is 1. The minimum Gasteiger partial charge on any atom is -0.384 e. The molecule has 0 aromatic carbocycles. The van der Waals surface area contributed by atoms with Gasteiger partial charge in [-0.05, 0) is 13.0 Å². The zero-order chi connectivity index (χ0) is 13.1. The molecule has 1 aromatic heterocycles. The monoisotopic (exact) mass is 247 g/mol. The molecule has 0 aliphatic heterocycles. The molecule has 0 amide bonds. The summed E-state index contributed by atoms with van der Waals surface area (Å²) >= 11 is 0. The van der Waals surface area contributed by atoms with Crippen molar-refractivity contribution in [2.24, 2.45) is 5.73 Å². The molecule has 0 aliphatic rings. The number of alkyl halides is 3. The summed E-state index contributed by atoms with van der Waals surface area (Å²) in [6.07, 6.45) is -3.07. The standard InChI is InChI=1S/C9H12F3N5/c1-2-17(5-9(10,11)12)8-6(7(13)14)3-4-15-16-8/h3-4H,2,5H2,1H3,(H3,13,14). The van der Waals surface area contributed by atoms with Gasteiger partial charge in [0.25, 0.3) is 0 Å². The van der Waals surface area contributed by atoms with E-state index in [0.29, 0.717) is 0 Å². The van der Waals surface area contributed by atoms with Crippen LogP contribution in [0.5, 0.6) is 0 Å². The predicted molar refractivity (Wildman–Crippen MR) is 57.0 cm³/mol. The van der Waals surface area contributed by atoms with Gasteiger partial charge in [-0.25, -0.2) is 0 Å². The molecule has 5 nitrogen and oxygen atoms in total. The summed E-state index contributed by atoms with van der Waals surface area (Å²) in [5, 5.41) is 14.4. The topological polar surface area (TPSA) is 78.9 Å². The van der Waals surface area contributed by atoms with E-state index in [0.717, 1.165) is 4.90 Å². The van der Waals surface area contributed by atoms with Crippen LogP contribution in [-0.2, 0) is 0 Å². The molecule has 1 rings (SSSR count). The molecule has 0 radical (unpaired) electrons. The van der Waals surface area contributed by atoms with E-state index >= 15 is 0 Å². The lowest BCUT2D eigenvalue weighted by molar-refractivity contribution is -0.119. The van der Waals surface area contributed by atoms with Crippen LogP contribution in [0.3, 0.4) is 0 Å². The van der Waals surface area contributed by atoms with Crippen LogP contribution in [-0.4, -0.2) is 35.3 Å². The predicted octanol–water partition coefficient (Wildman–Crippen LogP) is 1.15. The molecular weight excluding hydrogens is 235 g/mol. The van der Waals surface area contributed by atoms with Gasteiger partial charge in [0.1, 0.15) is 12.4 Å². The Morgan fingerprint density at radius 3 is 2.65 bits per heavy atom. The highest BCUT2D eigenvalue weighted by Crippen LogP contribution is 2.22. The molecule has 1 heterocycles. The number of nitrogens with two attached hydrogens (primary N) is 1. The Hall–Kier alpha value is -1.86. The molecule has 0 fully saturated rings. The van der Waals surface area contributed by atoms with Gasteiger partial charge >= 0.3 is 6.18 Å². The van der Waals surface area contributed by atoms with E-state index in [1.165, 1.54) is 12.3 Å². The number of hydrogen-bond donors (Lipinski definition) is 2. The second kappa shape index (κ2) is 4.98. The van der Waals surface area contributed by atoms with Crippen LogP contribution in [0.25, 0.3) is 0 Å². The summed E-state index contributed by atoms with van der Waals surface area (Å²) in [7, 11) is 0. The van der Waals surface area contributed by atoms with E-state index in [1.54, 1.807) is 6.92 Å². The van der Waals surface area contributed by atoms with E-state index in [2.05, 4.69) is 10.2 Å². The van der Waals surface area contributed by atoms with Gasteiger partial charge in [-0.15, -0.1) is 5.10 Å². The van der Waals surface area contributed by atoms with Crippen molar-refractivity contribution in [2.45, 2.75) is 13.1 Å². The molecule has 0 unspecified atom stereocenters. The van der Waals surface area contributed by atoms with Crippen molar-refractivity contribution in [1.29, 1.82) is 5.41 Å². The average Bonchev–Trinajstić information content (AvgIpc) is 2.24. The first-order valence-corrected chi connectivity index (χ1v) is 4.83. The van der Waals surface area contributed by atoms with Gasteiger partial charge in [-0.1, -0.05) is 0 Å². The van der Waals surface area contributed by atoms with E-state index in [4.69, 9.17) is 11.1 Å². The molecule has 0 spiro atoms. The maximum atomic E-state index is 12.3. The summed E-state index contributed by atoms with van der Waals surface area (Å²) in [6, 6.07) is 1.36. The molecule has 0 saturated heterocycles. The zero-order valence-corrected chi connectivity index (χ0v) is 9.12. The van der Waals surface area contributed by atoms with E-state index in [-0.39, 0.29) is 23.8 Å². The second-order valence-electron chi connectivity index (χ2n) is 3.31. The Labute approximate surface area is 95.9 Å². The maximum absolute atomic E-state index is 12.3. The van der Waals surface area contributed by atoms with Crippen molar-refractivity contribution in [3.05, 3.63) is 17.8 Å². The number of anilines is 1. The van der Waals surface area contributed by atoms with Crippen LogP contribution in [0.1, 0.15) is 12.5 Å². The highest BCUT2D eigenvalue weighted by atomic mass is 19.4. The van der Waals surface area contributed by atoms with Crippen molar-refractivity contribution in [3.63, 3.8) is 0 Å². The van der Waals surface area contributed by atoms with Gasteiger partial charge < -0.3 is 10.6 Å². The fourth-order valence-electron chi connectivity index (χ4n) is 1.32. The van der Waals surface area contributed by atoms with Gasteiger partial charge in [0.05, 0.1) is 11.8 Å². The zero-order valence-electron chi connectivity index (χ0n) is 9.12. The molecule has 94 valence electrons. The first-order chi connectivity index (χ1) is 7.85. The number of nitrogen functional groups attached to an aromatic ring is 1. The Balaban J connectivity index is 3.07. The smallest absolute Gasteiger partial charge is 0.384 e. The van der Waals surface area contributed by atoms with Crippen LogP contribution in [0.4, 0.5) is 19.0 Å². The Morgan fingerprint density at radius 1 is 1.53 bits per heavy atom. The molecule has 0 saturated carbocycles. The number of halogens is 3. The van der Waals surface area contributed by atoms with E-state index < -0.39 is 12.7 Å². The lowest BCUT2D eigenvalue weighted by Crippen LogP contribution is -2.36.